The minimum absolute atomic E-state index is 0.349. The van der Waals surface area contributed by atoms with Crippen LogP contribution < -0.4 is 0 Å². The molecule has 0 aliphatic heterocycles. The molecule has 0 saturated heterocycles. The number of carboxylic acids is 1. The summed E-state index contributed by atoms with van der Waals surface area (Å²) in [6.07, 6.45) is 0. The van der Waals surface area contributed by atoms with Gasteiger partial charge in [0.1, 0.15) is 0 Å². The highest BCUT2D eigenvalue weighted by Crippen LogP contribution is 2.23. The lowest BCUT2D eigenvalue weighted by molar-refractivity contribution is 0.0696. The number of hydrogen-bond donors (Lipinski definition) is 1. The molecule has 17 heavy (non-hydrogen) atoms. The molecule has 0 unspecified atom stereocenters. The van der Waals surface area contributed by atoms with Crippen molar-refractivity contribution in [2.24, 2.45) is 0 Å². The van der Waals surface area contributed by atoms with Gasteiger partial charge in [0, 0.05) is 5.33 Å². The van der Waals surface area contributed by atoms with Crippen LogP contribution in [0.25, 0.3) is 11.1 Å². The topological polar surface area (TPSA) is 37.3 Å². The summed E-state index contributed by atoms with van der Waals surface area (Å²) in [4.78, 5) is 11.0. The van der Waals surface area contributed by atoms with E-state index < -0.39 is 5.97 Å². The predicted octanol–water partition coefficient (Wildman–Crippen LogP) is 3.95. The highest BCUT2D eigenvalue weighted by atomic mass is 79.9. The van der Waals surface area contributed by atoms with Gasteiger partial charge in [0.2, 0.25) is 0 Å². The van der Waals surface area contributed by atoms with E-state index in [1.54, 1.807) is 6.07 Å². The van der Waals surface area contributed by atoms with E-state index in [1.807, 2.05) is 42.5 Å². The molecular formula is C14H11BrO2. The zero-order valence-corrected chi connectivity index (χ0v) is 10.6. The Hall–Kier alpha value is -1.61. The molecule has 0 spiro atoms. The van der Waals surface area contributed by atoms with Crippen LogP contribution in [0.15, 0.2) is 48.5 Å². The van der Waals surface area contributed by atoms with Gasteiger partial charge in [-0.1, -0.05) is 52.3 Å². The molecule has 0 atom stereocenters. The molecule has 1 N–H and O–H groups in total. The highest BCUT2D eigenvalue weighted by molar-refractivity contribution is 9.08. The number of hydrogen-bond acceptors (Lipinski definition) is 1. The Morgan fingerprint density at radius 3 is 2.35 bits per heavy atom. The summed E-state index contributed by atoms with van der Waals surface area (Å²) < 4.78 is 0. The van der Waals surface area contributed by atoms with Crippen molar-refractivity contribution in [3.8, 4) is 11.1 Å². The number of carboxylic acid groups (broad SMARTS) is 1. The van der Waals surface area contributed by atoms with Crippen LogP contribution in [-0.4, -0.2) is 11.1 Å². The number of aromatic carboxylic acids is 1. The first-order valence-electron chi connectivity index (χ1n) is 5.20. The molecule has 86 valence electrons. The molecule has 0 saturated carbocycles. The highest BCUT2D eigenvalue weighted by Gasteiger charge is 2.10. The molecule has 0 aliphatic carbocycles. The third-order valence-electron chi connectivity index (χ3n) is 2.59. The van der Waals surface area contributed by atoms with Gasteiger partial charge in [-0.05, 0) is 28.8 Å². The normalized spacial score (nSPS) is 10.2. The van der Waals surface area contributed by atoms with Crippen LogP contribution in [0.1, 0.15) is 15.9 Å². The molecule has 0 aromatic heterocycles. The fourth-order valence-electron chi connectivity index (χ4n) is 1.72. The van der Waals surface area contributed by atoms with Crippen molar-refractivity contribution < 1.29 is 9.90 Å². The smallest absolute Gasteiger partial charge is 0.335 e. The van der Waals surface area contributed by atoms with Crippen molar-refractivity contribution in [1.29, 1.82) is 0 Å². The van der Waals surface area contributed by atoms with Crippen LogP contribution in [0.3, 0.4) is 0 Å². The standard InChI is InChI=1S/C14H11BrO2/c15-9-12-8-11(6-7-13(12)14(16)17)10-4-2-1-3-5-10/h1-8H,9H2,(H,16,17). The Balaban J connectivity index is 2.49. The van der Waals surface area contributed by atoms with Crippen LogP contribution in [0.4, 0.5) is 0 Å². The maximum absolute atomic E-state index is 11.0. The molecular weight excluding hydrogens is 280 g/mol. The first-order chi connectivity index (χ1) is 8.22. The Bertz CT molecular complexity index is 535. The summed E-state index contributed by atoms with van der Waals surface area (Å²) in [5.74, 6) is -0.890. The minimum Gasteiger partial charge on any atom is -0.478 e. The van der Waals surface area contributed by atoms with Crippen LogP contribution in [0, 0.1) is 0 Å². The van der Waals surface area contributed by atoms with E-state index in [9.17, 15) is 4.79 Å². The van der Waals surface area contributed by atoms with E-state index in [2.05, 4.69) is 15.9 Å². The van der Waals surface area contributed by atoms with Gasteiger partial charge in [-0.3, -0.25) is 0 Å². The third kappa shape index (κ3) is 2.56. The molecule has 3 heteroatoms. The molecule has 0 radical (unpaired) electrons. The summed E-state index contributed by atoms with van der Waals surface area (Å²) in [6.45, 7) is 0. The summed E-state index contributed by atoms with van der Waals surface area (Å²) in [5, 5.41) is 9.57. The summed E-state index contributed by atoms with van der Waals surface area (Å²) in [7, 11) is 0. The molecule has 0 bridgehead atoms. The second-order valence-electron chi connectivity index (χ2n) is 3.68. The van der Waals surface area contributed by atoms with Gasteiger partial charge in [0.25, 0.3) is 0 Å². The summed E-state index contributed by atoms with van der Waals surface area (Å²) in [6, 6.07) is 15.3. The van der Waals surface area contributed by atoms with Gasteiger partial charge in [-0.2, -0.15) is 0 Å². The van der Waals surface area contributed by atoms with E-state index in [0.29, 0.717) is 10.9 Å². The van der Waals surface area contributed by atoms with E-state index in [1.165, 1.54) is 0 Å². The first-order valence-corrected chi connectivity index (χ1v) is 6.32. The van der Waals surface area contributed by atoms with Crippen molar-refractivity contribution in [2.45, 2.75) is 5.33 Å². The Kier molecular flexibility index (Phi) is 3.59. The fourth-order valence-corrected chi connectivity index (χ4v) is 2.19. The van der Waals surface area contributed by atoms with Crippen molar-refractivity contribution in [3.63, 3.8) is 0 Å². The van der Waals surface area contributed by atoms with Crippen molar-refractivity contribution in [3.05, 3.63) is 59.7 Å². The molecule has 0 heterocycles. The van der Waals surface area contributed by atoms with Gasteiger partial charge in [0.15, 0.2) is 0 Å². The first kappa shape index (κ1) is 11.9. The maximum atomic E-state index is 11.0. The lowest BCUT2D eigenvalue weighted by Gasteiger charge is -2.07. The lowest BCUT2D eigenvalue weighted by Crippen LogP contribution is -2.01. The molecule has 0 aliphatic rings. The van der Waals surface area contributed by atoms with Crippen LogP contribution in [-0.2, 0) is 5.33 Å². The zero-order valence-electron chi connectivity index (χ0n) is 9.06. The van der Waals surface area contributed by atoms with Gasteiger partial charge < -0.3 is 5.11 Å². The second-order valence-corrected chi connectivity index (χ2v) is 4.24. The average Bonchev–Trinajstić information content (AvgIpc) is 2.39. The van der Waals surface area contributed by atoms with E-state index in [0.717, 1.165) is 16.7 Å². The van der Waals surface area contributed by atoms with Gasteiger partial charge in [0.05, 0.1) is 5.56 Å². The number of alkyl halides is 1. The van der Waals surface area contributed by atoms with Crippen molar-refractivity contribution in [1.82, 2.24) is 0 Å². The Morgan fingerprint density at radius 2 is 1.76 bits per heavy atom. The largest absolute Gasteiger partial charge is 0.478 e. The van der Waals surface area contributed by atoms with E-state index >= 15 is 0 Å². The van der Waals surface area contributed by atoms with E-state index in [-0.39, 0.29) is 0 Å². The third-order valence-corrected chi connectivity index (χ3v) is 3.19. The average molecular weight is 291 g/mol. The number of halogens is 1. The SMILES string of the molecule is O=C(O)c1ccc(-c2ccccc2)cc1CBr. The van der Waals surface area contributed by atoms with Gasteiger partial charge in [-0.25, -0.2) is 4.79 Å². The van der Waals surface area contributed by atoms with Crippen LogP contribution in [0.5, 0.6) is 0 Å². The Labute approximate surface area is 108 Å². The Morgan fingerprint density at radius 1 is 1.06 bits per heavy atom. The number of rotatable bonds is 3. The summed E-state index contributed by atoms with van der Waals surface area (Å²) in [5.41, 5.74) is 3.26. The monoisotopic (exact) mass is 290 g/mol. The molecule has 0 amide bonds. The second kappa shape index (κ2) is 5.15. The maximum Gasteiger partial charge on any atom is 0.335 e. The quantitative estimate of drug-likeness (QED) is 0.869. The minimum atomic E-state index is -0.890. The fraction of sp³-hybridized carbons (Fsp3) is 0.0714. The van der Waals surface area contributed by atoms with Crippen LogP contribution in [0.2, 0.25) is 0 Å². The van der Waals surface area contributed by atoms with Crippen molar-refractivity contribution >= 4 is 21.9 Å². The van der Waals surface area contributed by atoms with Crippen LogP contribution >= 0.6 is 15.9 Å². The van der Waals surface area contributed by atoms with Crippen molar-refractivity contribution in [2.75, 3.05) is 0 Å². The van der Waals surface area contributed by atoms with Gasteiger partial charge >= 0.3 is 5.97 Å². The molecule has 2 aromatic rings. The molecule has 2 nitrogen and oxygen atoms in total. The number of carbonyl (C=O) groups is 1. The van der Waals surface area contributed by atoms with E-state index in [4.69, 9.17) is 5.11 Å². The zero-order chi connectivity index (χ0) is 12.3. The molecule has 0 fully saturated rings. The lowest BCUT2D eigenvalue weighted by atomic mass is 10.00. The molecule has 2 rings (SSSR count). The number of benzene rings is 2. The summed E-state index contributed by atoms with van der Waals surface area (Å²) >= 11 is 3.32. The molecule has 2 aromatic carbocycles. The van der Waals surface area contributed by atoms with Gasteiger partial charge in [-0.15, -0.1) is 0 Å². The predicted molar refractivity (Wildman–Crippen MR) is 71.5 cm³/mol.